The van der Waals surface area contributed by atoms with Crippen molar-refractivity contribution >= 4 is 12.2 Å². The zero-order valence-corrected chi connectivity index (χ0v) is 16.1. The van der Waals surface area contributed by atoms with Crippen LogP contribution in [0.15, 0.2) is 52.0 Å². The maximum atomic E-state index is 15.2. The number of aliphatic imine (C=N–C) groups is 1. The highest BCUT2D eigenvalue weighted by molar-refractivity contribution is 5.76. The SMILES string of the molecule is C.C\C1=C(F)/C(C2CN=CC=C2C#N)=C\C=C\N(CC2(C)CC2)C(=O)N(C)C1. The Morgan fingerprint density at radius 1 is 1.39 bits per heavy atom. The van der Waals surface area contributed by atoms with Crippen LogP contribution in [0.4, 0.5) is 9.18 Å². The van der Waals surface area contributed by atoms with Crippen LogP contribution in [-0.4, -0.2) is 48.7 Å². The fourth-order valence-corrected chi connectivity index (χ4v) is 3.41. The molecule has 0 bridgehead atoms. The van der Waals surface area contributed by atoms with Crippen LogP contribution in [-0.2, 0) is 0 Å². The first-order chi connectivity index (χ1) is 12.8. The first-order valence-electron chi connectivity index (χ1n) is 9.20. The number of allylic oxidation sites excluding steroid dienone is 4. The Balaban J connectivity index is 0.00000280. The van der Waals surface area contributed by atoms with Crippen molar-refractivity contribution in [1.29, 1.82) is 5.26 Å². The molecule has 0 saturated heterocycles. The van der Waals surface area contributed by atoms with Crippen LogP contribution in [0.1, 0.15) is 34.1 Å². The van der Waals surface area contributed by atoms with E-state index in [9.17, 15) is 10.1 Å². The van der Waals surface area contributed by atoms with E-state index in [2.05, 4.69) is 18.0 Å². The zero-order valence-electron chi connectivity index (χ0n) is 16.1. The molecule has 0 N–H and O–H groups in total. The standard InChI is InChI=1S/C21H25FN4O.CH4/c1-15-13-25(3)20(27)26(14-21(2)7-8-21)10-4-5-17(19(15)22)18-12-24-9-6-16(18)11-23;/h4-6,9-10,18H,7-8,12-14H2,1-3H3;1H4/b10-4+,17-5-,19-15-;. The predicted octanol–water partition coefficient (Wildman–Crippen LogP) is 4.62. The Morgan fingerprint density at radius 2 is 2.11 bits per heavy atom. The van der Waals surface area contributed by atoms with Crippen LogP contribution in [0.2, 0.25) is 0 Å². The molecule has 150 valence electrons. The van der Waals surface area contributed by atoms with E-state index in [1.165, 1.54) is 4.90 Å². The number of carbonyl (C=O) groups excluding carboxylic acids is 1. The summed E-state index contributed by atoms with van der Waals surface area (Å²) in [5.74, 6) is -0.778. The van der Waals surface area contributed by atoms with Gasteiger partial charge in [-0.1, -0.05) is 20.4 Å². The van der Waals surface area contributed by atoms with Crippen molar-refractivity contribution in [2.24, 2.45) is 16.3 Å². The van der Waals surface area contributed by atoms with Gasteiger partial charge in [0.2, 0.25) is 0 Å². The van der Waals surface area contributed by atoms with Gasteiger partial charge in [0.1, 0.15) is 5.83 Å². The van der Waals surface area contributed by atoms with Crippen molar-refractivity contribution < 1.29 is 9.18 Å². The van der Waals surface area contributed by atoms with E-state index in [0.29, 0.717) is 29.8 Å². The fraction of sp³-hybridized carbons (Fsp3) is 0.500. The summed E-state index contributed by atoms with van der Waals surface area (Å²) in [5, 5.41) is 9.40. The van der Waals surface area contributed by atoms with Crippen molar-refractivity contribution in [2.45, 2.75) is 34.1 Å². The normalized spacial score (nSPS) is 29.8. The molecule has 0 spiro atoms. The molecule has 6 heteroatoms. The number of nitriles is 1. The van der Waals surface area contributed by atoms with Crippen LogP contribution in [0, 0.1) is 22.7 Å². The second-order valence-electron chi connectivity index (χ2n) is 7.94. The lowest BCUT2D eigenvalue weighted by atomic mass is 9.87. The molecule has 0 radical (unpaired) electrons. The van der Waals surface area contributed by atoms with E-state index in [1.54, 1.807) is 49.5 Å². The number of carbonyl (C=O) groups is 1. The minimum atomic E-state index is -0.408. The van der Waals surface area contributed by atoms with Gasteiger partial charge in [0.25, 0.3) is 0 Å². The predicted molar refractivity (Wildman–Crippen MR) is 110 cm³/mol. The smallest absolute Gasteiger partial charge is 0.323 e. The Morgan fingerprint density at radius 3 is 2.75 bits per heavy atom. The third-order valence-electron chi connectivity index (χ3n) is 5.40. The number of dihydropyridines is 1. The lowest BCUT2D eigenvalue weighted by Crippen LogP contribution is -2.41. The summed E-state index contributed by atoms with van der Waals surface area (Å²) in [5.41, 5.74) is 1.57. The van der Waals surface area contributed by atoms with Crippen LogP contribution in [0.3, 0.4) is 0 Å². The number of urea groups is 1. The van der Waals surface area contributed by atoms with Gasteiger partial charge in [0.05, 0.1) is 12.6 Å². The zero-order chi connectivity index (χ0) is 19.6. The van der Waals surface area contributed by atoms with Gasteiger partial charge in [-0.2, -0.15) is 5.26 Å². The Hall–Kier alpha value is -2.68. The number of hydrogen-bond donors (Lipinski definition) is 0. The van der Waals surface area contributed by atoms with E-state index in [-0.39, 0.29) is 31.2 Å². The van der Waals surface area contributed by atoms with Crippen molar-refractivity contribution in [3.8, 4) is 6.07 Å². The molecular weight excluding hydrogens is 355 g/mol. The number of likely N-dealkylation sites (N-methyl/N-ethyl adjacent to an activating group) is 1. The summed E-state index contributed by atoms with van der Waals surface area (Å²) in [6.45, 7) is 5.05. The first kappa shape index (κ1) is 21.6. The van der Waals surface area contributed by atoms with Crippen LogP contribution < -0.4 is 0 Å². The summed E-state index contributed by atoms with van der Waals surface area (Å²) in [6, 6.07) is 2.02. The van der Waals surface area contributed by atoms with Crippen LogP contribution >= 0.6 is 0 Å². The largest absolute Gasteiger partial charge is 0.324 e. The van der Waals surface area contributed by atoms with Crippen LogP contribution in [0.25, 0.3) is 0 Å². The molecule has 1 aliphatic carbocycles. The molecule has 3 aliphatic rings. The highest BCUT2D eigenvalue weighted by Gasteiger charge is 2.40. The summed E-state index contributed by atoms with van der Waals surface area (Å²) < 4.78 is 15.2. The quantitative estimate of drug-likeness (QED) is 0.712. The van der Waals surface area contributed by atoms with Gasteiger partial charge in [0, 0.05) is 44.0 Å². The molecule has 1 atom stereocenters. The van der Waals surface area contributed by atoms with Crippen molar-refractivity contribution in [2.75, 3.05) is 26.7 Å². The molecule has 1 unspecified atom stereocenters. The number of nitrogens with zero attached hydrogens (tertiary/aromatic N) is 4. The Kier molecular flexibility index (Phi) is 6.60. The second kappa shape index (κ2) is 8.55. The average Bonchev–Trinajstić information content (AvgIpc) is 3.39. The van der Waals surface area contributed by atoms with Crippen LogP contribution in [0.5, 0.6) is 0 Å². The monoisotopic (exact) mass is 384 g/mol. The molecule has 28 heavy (non-hydrogen) atoms. The summed E-state index contributed by atoms with van der Waals surface area (Å²) >= 11 is 0. The molecule has 1 fully saturated rings. The van der Waals surface area contributed by atoms with Gasteiger partial charge >= 0.3 is 6.03 Å². The fourth-order valence-electron chi connectivity index (χ4n) is 3.41. The van der Waals surface area contributed by atoms with Gasteiger partial charge in [-0.05, 0) is 48.5 Å². The second-order valence-corrected chi connectivity index (χ2v) is 7.94. The minimum Gasteiger partial charge on any atom is -0.323 e. The van der Waals surface area contributed by atoms with Gasteiger partial charge in [0.15, 0.2) is 0 Å². The highest BCUT2D eigenvalue weighted by Crippen LogP contribution is 2.45. The lowest BCUT2D eigenvalue weighted by molar-refractivity contribution is 0.175. The van der Waals surface area contributed by atoms with E-state index < -0.39 is 5.92 Å². The summed E-state index contributed by atoms with van der Waals surface area (Å²) in [4.78, 5) is 20.2. The third-order valence-corrected chi connectivity index (χ3v) is 5.40. The molecule has 2 heterocycles. The van der Waals surface area contributed by atoms with Gasteiger partial charge in [-0.3, -0.25) is 4.99 Å². The number of halogens is 1. The molecule has 2 amide bonds. The van der Waals surface area contributed by atoms with Gasteiger partial charge < -0.3 is 9.80 Å². The lowest BCUT2D eigenvalue weighted by Gasteiger charge is -2.29. The average molecular weight is 384 g/mol. The molecule has 2 aliphatic heterocycles. The van der Waals surface area contributed by atoms with Crippen molar-refractivity contribution in [3.05, 3.63) is 47.0 Å². The molecule has 0 aromatic heterocycles. The minimum absolute atomic E-state index is 0. The Labute approximate surface area is 167 Å². The number of hydrogen-bond acceptors (Lipinski definition) is 3. The van der Waals surface area contributed by atoms with Gasteiger partial charge in [-0.25, -0.2) is 9.18 Å². The van der Waals surface area contributed by atoms with E-state index in [4.69, 9.17) is 0 Å². The molecular formula is C22H29FN4O. The summed E-state index contributed by atoms with van der Waals surface area (Å²) in [6.07, 6.45) is 10.5. The van der Waals surface area contributed by atoms with E-state index in [1.807, 2.05) is 0 Å². The molecule has 0 aromatic rings. The van der Waals surface area contributed by atoms with E-state index in [0.717, 1.165) is 12.8 Å². The first-order valence-corrected chi connectivity index (χ1v) is 9.20. The maximum absolute atomic E-state index is 15.2. The van der Waals surface area contributed by atoms with Crippen molar-refractivity contribution in [1.82, 2.24) is 9.80 Å². The molecule has 1 saturated carbocycles. The Bertz CT molecular complexity index is 824. The summed E-state index contributed by atoms with van der Waals surface area (Å²) in [7, 11) is 1.69. The molecule has 5 nitrogen and oxygen atoms in total. The van der Waals surface area contributed by atoms with Gasteiger partial charge in [-0.15, -0.1) is 0 Å². The maximum Gasteiger partial charge on any atom is 0.324 e. The molecule has 0 aromatic carbocycles. The molecule has 3 rings (SSSR count). The van der Waals surface area contributed by atoms with Crippen molar-refractivity contribution in [3.63, 3.8) is 0 Å². The number of amides is 2. The van der Waals surface area contributed by atoms with E-state index >= 15 is 4.39 Å². The topological polar surface area (TPSA) is 59.7 Å². The highest BCUT2D eigenvalue weighted by atomic mass is 19.1. The third kappa shape index (κ3) is 4.59. The number of rotatable bonds is 3.